The Hall–Kier alpha value is -10.3. The highest BCUT2D eigenvalue weighted by atomic mass is 31.2. The van der Waals surface area contributed by atoms with Crippen LogP contribution in [0.4, 0.5) is 0 Å². The highest BCUT2D eigenvalue weighted by Crippen LogP contribution is 2.38. The highest BCUT2D eigenvalue weighted by Gasteiger charge is 2.43. The number of aliphatic hydroxyl groups excluding tert-OH is 4. The van der Waals surface area contributed by atoms with Gasteiger partial charge in [0.05, 0.1) is 51.1 Å². The lowest BCUT2D eigenvalue weighted by atomic mass is 10.0. The van der Waals surface area contributed by atoms with Crippen LogP contribution >= 0.6 is 7.82 Å². The second-order valence-electron chi connectivity index (χ2n) is 25.6. The van der Waals surface area contributed by atoms with Crippen LogP contribution < -0.4 is 75.7 Å². The van der Waals surface area contributed by atoms with Crippen LogP contribution in [-0.2, 0) is 98.6 Å². The molecule has 0 bridgehead atoms. The first-order valence-electron chi connectivity index (χ1n) is 34.0. The number of phosphoric ester groups is 1. The van der Waals surface area contributed by atoms with Gasteiger partial charge in [0.15, 0.2) is 5.96 Å². The van der Waals surface area contributed by atoms with Crippen molar-refractivity contribution in [2.75, 3.05) is 33.4 Å². The van der Waals surface area contributed by atoms with E-state index < -0.39 is 232 Å². The molecule has 25 N–H and O–H groups in total. The molecule has 0 saturated carbocycles. The summed E-state index contributed by atoms with van der Waals surface area (Å²) in [5, 5.41) is 86.2. The molecule has 0 spiro atoms. The summed E-state index contributed by atoms with van der Waals surface area (Å²) in [5.41, 5.74) is 17.3. The van der Waals surface area contributed by atoms with E-state index in [0.29, 0.717) is 11.1 Å². The third-order valence-electron chi connectivity index (χ3n) is 16.5. The molecule has 16 atom stereocenters. The molecule has 2 aromatic rings. The van der Waals surface area contributed by atoms with E-state index in [1.165, 1.54) is 39.8 Å². The molecule has 1 fully saturated rings. The first-order chi connectivity index (χ1) is 50.6. The molecule has 1 heterocycles. The van der Waals surface area contributed by atoms with Gasteiger partial charge >= 0.3 is 25.7 Å². The molecule has 12 amide bonds. The van der Waals surface area contributed by atoms with Crippen LogP contribution in [0.3, 0.4) is 0 Å². The number of aliphatic imine (C=N–C) groups is 1. The number of likely N-dealkylation sites (tertiary alicyclic amines) is 1. The summed E-state index contributed by atoms with van der Waals surface area (Å²) in [7, 11) is -4.62. The Morgan fingerprint density at radius 1 is 0.565 bits per heavy atom. The van der Waals surface area contributed by atoms with Gasteiger partial charge in [0.2, 0.25) is 70.9 Å². The predicted octanol–water partition coefficient (Wildman–Crippen LogP) is -8.39. The zero-order chi connectivity index (χ0) is 81.4. The van der Waals surface area contributed by atoms with Gasteiger partial charge in [0, 0.05) is 32.4 Å². The van der Waals surface area contributed by atoms with Crippen LogP contribution in [0.5, 0.6) is 0 Å². The molecule has 1 saturated heterocycles. The Kier molecular flexibility index (Phi) is 38.0. The summed E-state index contributed by atoms with van der Waals surface area (Å²) in [4.78, 5) is 228. The van der Waals surface area contributed by atoms with Gasteiger partial charge in [-0.25, -0.2) is 9.36 Å². The number of hydrogen-bond acceptors (Lipinski definition) is 24. The number of carbonyl (C=O) groups excluding carboxylic acids is 13. The van der Waals surface area contributed by atoms with E-state index in [2.05, 4.69) is 57.4 Å². The van der Waals surface area contributed by atoms with E-state index in [0.717, 1.165) is 25.9 Å². The van der Waals surface area contributed by atoms with Crippen LogP contribution in [0.1, 0.15) is 97.6 Å². The number of guanidine groups is 1. The average Bonchev–Trinajstić information content (AvgIpc) is 1.59. The van der Waals surface area contributed by atoms with Gasteiger partial charge in [-0.15, -0.1) is 0 Å². The molecule has 2 aromatic carbocycles. The number of methoxy groups -OCH3 is 1. The number of ether oxygens (including phenoxy) is 1. The summed E-state index contributed by atoms with van der Waals surface area (Å²) in [5.74, 6) is -19.4. The van der Waals surface area contributed by atoms with Crippen LogP contribution in [0.15, 0.2) is 65.7 Å². The van der Waals surface area contributed by atoms with Crippen molar-refractivity contribution in [1.82, 2.24) is 63.4 Å². The van der Waals surface area contributed by atoms with Crippen molar-refractivity contribution in [1.29, 1.82) is 0 Å². The molecule has 43 heteroatoms. The Morgan fingerprint density at radius 3 is 1.55 bits per heavy atom. The lowest BCUT2D eigenvalue weighted by Gasteiger charge is -2.31. The molecule has 0 radical (unpaired) electrons. The number of nitrogens with two attached hydrogens (primary N) is 3. The molecule has 600 valence electrons. The van der Waals surface area contributed by atoms with Crippen molar-refractivity contribution in [3.05, 3.63) is 71.8 Å². The number of rotatable bonds is 45. The number of carboxylic acids is 2. The Bertz CT molecular complexity index is 3530. The van der Waals surface area contributed by atoms with Crippen LogP contribution in [0.2, 0.25) is 0 Å². The number of amides is 12. The number of esters is 1. The quantitative estimate of drug-likeness (QED) is 0.00963. The summed E-state index contributed by atoms with van der Waals surface area (Å²) < 4.78 is 21.5. The molecule has 0 aliphatic carbocycles. The van der Waals surface area contributed by atoms with Crippen molar-refractivity contribution in [2.45, 2.75) is 196 Å². The van der Waals surface area contributed by atoms with Crippen molar-refractivity contribution >= 4 is 103 Å². The van der Waals surface area contributed by atoms with Crippen molar-refractivity contribution in [3.63, 3.8) is 0 Å². The normalized spacial score (nSPS) is 16.9. The first kappa shape index (κ1) is 91.9. The number of phosphoric acid groups is 1. The monoisotopic (exact) mass is 1550 g/mol. The van der Waals surface area contributed by atoms with Crippen LogP contribution in [0, 0.1) is 5.92 Å². The topological polar surface area (TPSA) is 679 Å². The van der Waals surface area contributed by atoms with Crippen molar-refractivity contribution in [3.8, 4) is 0 Å². The number of carbonyl (C=O) groups is 15. The lowest BCUT2D eigenvalue weighted by molar-refractivity contribution is -0.146. The van der Waals surface area contributed by atoms with Gasteiger partial charge in [-0.1, -0.05) is 74.5 Å². The molecule has 42 nitrogen and oxygen atoms in total. The number of aliphatic hydroxyl groups is 4. The fourth-order valence-corrected chi connectivity index (χ4v) is 11.3. The maximum atomic E-state index is 14.3. The summed E-state index contributed by atoms with van der Waals surface area (Å²) >= 11 is 0. The SMILES string of the molecule is COC(=O)[C@H](CCCN=C(N)N)NC(=O)[C@H](CCC(=O)O)NC(=O)[C@@H](NC(=O)[C@H](CC(=O)O)NC(=O)[C@@H](NC(=O)[C@H](Cc1ccccc1)NC(=O)CNC(=O)[C@@H](NC(=O)[C@H](Cc1ccccc1)NC(=O)[C@H](CO)NC(=O)[C@@H]1CCCN1C(=O)[C@@H](NC(=O)[C@@H](N)[C@@H](C)O)[C@@H](C)O)C(C)C)[C@@H](C)O)[C@@H](C)OP(=O)(O)O. The van der Waals surface area contributed by atoms with E-state index >= 15 is 0 Å². The summed E-state index contributed by atoms with van der Waals surface area (Å²) in [6.07, 6.45) is -10.2. The Labute approximate surface area is 619 Å². The largest absolute Gasteiger partial charge is 0.481 e. The Balaban J connectivity index is 1.87. The maximum Gasteiger partial charge on any atom is 0.469 e. The molecular formula is C65H99N16O26P. The highest BCUT2D eigenvalue weighted by molar-refractivity contribution is 7.46. The second kappa shape index (κ2) is 44.7. The molecule has 0 aromatic heterocycles. The number of benzene rings is 2. The number of hydrogen-bond donors (Lipinski definition) is 22. The summed E-state index contributed by atoms with van der Waals surface area (Å²) in [6.45, 7) is 5.25. The van der Waals surface area contributed by atoms with Crippen LogP contribution in [0.25, 0.3) is 0 Å². The van der Waals surface area contributed by atoms with Gasteiger partial charge in [-0.2, -0.15) is 0 Å². The fourth-order valence-electron chi connectivity index (χ4n) is 10.7. The number of nitrogens with one attached hydrogen (secondary N) is 11. The minimum absolute atomic E-state index is 0.0314. The third kappa shape index (κ3) is 31.2. The van der Waals surface area contributed by atoms with Gasteiger partial charge in [0.25, 0.3) is 0 Å². The van der Waals surface area contributed by atoms with Gasteiger partial charge in [-0.05, 0) is 76.8 Å². The van der Waals surface area contributed by atoms with E-state index in [-0.39, 0.29) is 57.6 Å². The summed E-state index contributed by atoms with van der Waals surface area (Å²) in [6, 6.07) is -5.09. The molecular weight excluding hydrogens is 1450 g/mol. The van der Waals surface area contributed by atoms with E-state index in [4.69, 9.17) is 21.9 Å². The second-order valence-corrected chi connectivity index (χ2v) is 26.8. The van der Waals surface area contributed by atoms with E-state index in [9.17, 15) is 117 Å². The fraction of sp³-hybridized carbons (Fsp3) is 0.569. The van der Waals surface area contributed by atoms with E-state index in [1.807, 2.05) is 10.6 Å². The zero-order valence-electron chi connectivity index (χ0n) is 60.3. The maximum absolute atomic E-state index is 14.3. The molecule has 1 aliphatic rings. The van der Waals surface area contributed by atoms with Crippen molar-refractivity contribution in [2.24, 2.45) is 28.1 Å². The van der Waals surface area contributed by atoms with E-state index in [1.54, 1.807) is 48.5 Å². The molecule has 3 rings (SSSR count). The standard InChI is InChI=1S/C65H99N16O26P/c1-31(2)49(77-55(93)41(27-37-18-12-9-13-19-37)74-57(95)43(30-82)76-58(96)44-21-15-25-81(44)63(101)51(34(5)85)79-59(97)48(66)32(3)83)60(98)70-29-45(86)71-40(26-36-16-10-8-11-17-36)54(92)78-50(33(4)84)61(99)75-42(28-47(89)90)56(94)80-52(35(6)107-108(103,104)105)62(100)72-38(22-23-46(87)88)53(91)73-39(64(102)106-7)20-14-24-69-65(67)68/h8-13,16-19,31-35,38-44,48-52,82-85H,14-15,20-30,66H2,1-7H3,(H,70,98)(H,71,86)(H,72,100)(H,73,91)(H,74,95)(H,75,99)(H,76,96)(H,77,93)(H,78,92)(H,79,97)(H,80,94)(H,87,88)(H,89,90)(H4,67,68,69)(H2,103,104,105)/t32-,33-,34-,35-,38+,39+,40+,41+,42+,43+,44+,48+,49+,50+,51+,52+/m1/s1. The minimum Gasteiger partial charge on any atom is -0.481 e. The first-order valence-corrected chi connectivity index (χ1v) is 35.5. The number of nitrogens with zero attached hydrogens (tertiary/aromatic N) is 2. The zero-order valence-corrected chi connectivity index (χ0v) is 61.2. The van der Waals surface area contributed by atoms with Gasteiger partial charge in [-0.3, -0.25) is 76.6 Å². The minimum atomic E-state index is -5.59. The van der Waals surface area contributed by atoms with Gasteiger partial charge < -0.3 is 126 Å². The Morgan fingerprint density at radius 2 is 1.05 bits per heavy atom. The lowest BCUT2D eigenvalue weighted by Crippen LogP contribution is -2.63. The number of carboxylic acid groups (broad SMARTS) is 2. The predicted molar refractivity (Wildman–Crippen MR) is 376 cm³/mol. The molecule has 1 aliphatic heterocycles. The van der Waals surface area contributed by atoms with Crippen molar-refractivity contribution < 1.29 is 126 Å². The van der Waals surface area contributed by atoms with Crippen LogP contribution in [-0.4, -0.2) is 270 Å². The molecule has 108 heavy (non-hydrogen) atoms. The molecule has 0 unspecified atom stereocenters. The average molecular weight is 1550 g/mol. The number of aliphatic carboxylic acids is 2. The smallest absolute Gasteiger partial charge is 0.469 e. The third-order valence-corrected chi connectivity index (χ3v) is 17.1. The van der Waals surface area contributed by atoms with Gasteiger partial charge in [0.1, 0.15) is 72.5 Å².